The maximum Gasteiger partial charge on any atom is 0.165 e. The monoisotopic (exact) mass is 233 g/mol. The number of ketones is 1. The third-order valence-corrected chi connectivity index (χ3v) is 3.23. The van der Waals surface area contributed by atoms with Gasteiger partial charge in [0.25, 0.3) is 0 Å². The number of aryl methyl sites for hydroxylation is 1. The van der Waals surface area contributed by atoms with Crippen LogP contribution in [0.4, 0.5) is 5.69 Å². The third-order valence-electron chi connectivity index (χ3n) is 3.23. The summed E-state index contributed by atoms with van der Waals surface area (Å²) in [4.78, 5) is 12.0. The fourth-order valence-electron chi connectivity index (χ4n) is 2.21. The van der Waals surface area contributed by atoms with Crippen LogP contribution in [0.15, 0.2) is 18.2 Å². The van der Waals surface area contributed by atoms with Crippen LogP contribution in [0.5, 0.6) is 0 Å². The molecule has 0 spiro atoms. The molecule has 1 aliphatic rings. The molecule has 1 heterocycles. The van der Waals surface area contributed by atoms with Crippen molar-refractivity contribution < 1.29 is 9.53 Å². The largest absolute Gasteiger partial charge is 0.398 e. The summed E-state index contributed by atoms with van der Waals surface area (Å²) in [6.45, 7) is 2.81. The molecule has 1 aromatic carbocycles. The van der Waals surface area contributed by atoms with Gasteiger partial charge in [0.05, 0.1) is 6.10 Å². The van der Waals surface area contributed by atoms with E-state index in [4.69, 9.17) is 10.5 Å². The fraction of sp³-hybridized carbons (Fsp3) is 0.500. The van der Waals surface area contributed by atoms with Gasteiger partial charge in [-0.3, -0.25) is 4.79 Å². The standard InChI is InChI=1S/C14H19NO2/c1-10-4-6-13(15)12(9-10)14(16)7-5-11-3-2-8-17-11/h4,6,9,11H,2-3,5,7-8,15H2,1H3. The van der Waals surface area contributed by atoms with Crippen molar-refractivity contribution in [3.63, 3.8) is 0 Å². The van der Waals surface area contributed by atoms with Crippen molar-refractivity contribution in [1.82, 2.24) is 0 Å². The maximum absolute atomic E-state index is 12.0. The van der Waals surface area contributed by atoms with Gasteiger partial charge in [0.15, 0.2) is 5.78 Å². The first-order chi connectivity index (χ1) is 8.16. The molecule has 3 heteroatoms. The number of carbonyl (C=O) groups excluding carboxylic acids is 1. The topological polar surface area (TPSA) is 52.3 Å². The molecule has 2 N–H and O–H groups in total. The molecule has 0 radical (unpaired) electrons. The van der Waals surface area contributed by atoms with Gasteiger partial charge >= 0.3 is 0 Å². The van der Waals surface area contributed by atoms with Gasteiger partial charge in [0.2, 0.25) is 0 Å². The van der Waals surface area contributed by atoms with Crippen LogP contribution in [0.2, 0.25) is 0 Å². The summed E-state index contributed by atoms with van der Waals surface area (Å²) >= 11 is 0. The van der Waals surface area contributed by atoms with E-state index in [9.17, 15) is 4.79 Å². The van der Waals surface area contributed by atoms with Gasteiger partial charge in [-0.15, -0.1) is 0 Å². The lowest BCUT2D eigenvalue weighted by atomic mass is 10.0. The number of rotatable bonds is 4. The molecular formula is C14H19NO2. The summed E-state index contributed by atoms with van der Waals surface area (Å²) in [5.41, 5.74) is 8.12. The zero-order chi connectivity index (χ0) is 12.3. The molecule has 0 aromatic heterocycles. The Morgan fingerprint density at radius 2 is 2.35 bits per heavy atom. The summed E-state index contributed by atoms with van der Waals surface area (Å²) in [6.07, 6.45) is 3.80. The lowest BCUT2D eigenvalue weighted by molar-refractivity contribution is 0.0860. The van der Waals surface area contributed by atoms with Crippen LogP contribution in [0.25, 0.3) is 0 Å². The smallest absolute Gasteiger partial charge is 0.165 e. The number of Topliss-reactive ketones (excluding diaryl/α,β-unsaturated/α-hetero) is 1. The molecule has 1 unspecified atom stereocenters. The molecule has 92 valence electrons. The summed E-state index contributed by atoms with van der Waals surface area (Å²) in [5, 5.41) is 0. The Morgan fingerprint density at radius 3 is 3.06 bits per heavy atom. The number of carbonyl (C=O) groups is 1. The highest BCUT2D eigenvalue weighted by Gasteiger charge is 2.18. The van der Waals surface area contributed by atoms with E-state index < -0.39 is 0 Å². The zero-order valence-corrected chi connectivity index (χ0v) is 10.2. The minimum atomic E-state index is 0.127. The van der Waals surface area contributed by atoms with Gasteiger partial charge < -0.3 is 10.5 Å². The number of hydrogen-bond acceptors (Lipinski definition) is 3. The highest BCUT2D eigenvalue weighted by Crippen LogP contribution is 2.21. The molecule has 1 aliphatic heterocycles. The van der Waals surface area contributed by atoms with Crippen molar-refractivity contribution >= 4 is 11.5 Å². The van der Waals surface area contributed by atoms with Gasteiger partial charge in [0, 0.05) is 24.3 Å². The summed E-state index contributed by atoms with van der Waals surface area (Å²) in [6, 6.07) is 5.59. The molecule has 1 fully saturated rings. The highest BCUT2D eigenvalue weighted by molar-refractivity contribution is 6.00. The van der Waals surface area contributed by atoms with Crippen LogP contribution in [-0.2, 0) is 4.74 Å². The minimum Gasteiger partial charge on any atom is -0.398 e. The maximum atomic E-state index is 12.0. The van der Waals surface area contributed by atoms with Crippen LogP contribution in [0.1, 0.15) is 41.6 Å². The fourth-order valence-corrected chi connectivity index (χ4v) is 2.21. The summed E-state index contributed by atoms with van der Waals surface area (Å²) in [7, 11) is 0. The number of nitrogens with two attached hydrogens (primary N) is 1. The van der Waals surface area contributed by atoms with Crippen LogP contribution in [-0.4, -0.2) is 18.5 Å². The van der Waals surface area contributed by atoms with E-state index >= 15 is 0 Å². The molecule has 17 heavy (non-hydrogen) atoms. The van der Waals surface area contributed by atoms with Gasteiger partial charge in [-0.2, -0.15) is 0 Å². The van der Waals surface area contributed by atoms with E-state index in [0.29, 0.717) is 17.7 Å². The van der Waals surface area contributed by atoms with Crippen molar-refractivity contribution in [3.8, 4) is 0 Å². The molecule has 0 saturated carbocycles. The van der Waals surface area contributed by atoms with Gasteiger partial charge in [-0.05, 0) is 38.3 Å². The SMILES string of the molecule is Cc1ccc(N)c(C(=O)CCC2CCCO2)c1. The van der Waals surface area contributed by atoms with Crippen molar-refractivity contribution in [2.45, 2.75) is 38.7 Å². The molecule has 3 nitrogen and oxygen atoms in total. The van der Waals surface area contributed by atoms with Crippen LogP contribution in [0, 0.1) is 6.92 Å². The Kier molecular flexibility index (Phi) is 3.79. The summed E-state index contributed by atoms with van der Waals surface area (Å²) in [5.74, 6) is 0.127. The first-order valence-corrected chi connectivity index (χ1v) is 6.18. The Balaban J connectivity index is 1.96. The van der Waals surface area contributed by atoms with E-state index in [2.05, 4.69) is 0 Å². The molecule has 2 rings (SSSR count). The van der Waals surface area contributed by atoms with Crippen molar-refractivity contribution in [2.75, 3.05) is 12.3 Å². The molecular weight excluding hydrogens is 214 g/mol. The minimum absolute atomic E-state index is 0.127. The summed E-state index contributed by atoms with van der Waals surface area (Å²) < 4.78 is 5.51. The van der Waals surface area contributed by atoms with Gasteiger partial charge in [0.1, 0.15) is 0 Å². The molecule has 0 bridgehead atoms. The number of ether oxygens (including phenoxy) is 1. The quantitative estimate of drug-likeness (QED) is 0.642. The van der Waals surface area contributed by atoms with Crippen molar-refractivity contribution in [2.24, 2.45) is 0 Å². The lowest BCUT2D eigenvalue weighted by Gasteiger charge is -2.09. The number of nitrogen functional groups attached to an aromatic ring is 1. The molecule has 1 saturated heterocycles. The normalized spacial score (nSPS) is 19.5. The lowest BCUT2D eigenvalue weighted by Crippen LogP contribution is -2.10. The predicted molar refractivity (Wildman–Crippen MR) is 68.1 cm³/mol. The Hall–Kier alpha value is -1.35. The van der Waals surface area contributed by atoms with Crippen LogP contribution < -0.4 is 5.73 Å². The Bertz CT molecular complexity index is 409. The Morgan fingerprint density at radius 1 is 1.53 bits per heavy atom. The first kappa shape index (κ1) is 12.1. The second-order valence-corrected chi connectivity index (χ2v) is 4.69. The van der Waals surface area contributed by atoms with Gasteiger partial charge in [-0.25, -0.2) is 0 Å². The van der Waals surface area contributed by atoms with E-state index in [1.807, 2.05) is 19.1 Å². The number of anilines is 1. The molecule has 1 aromatic rings. The number of benzene rings is 1. The average molecular weight is 233 g/mol. The Labute approximate surface area is 102 Å². The van der Waals surface area contributed by atoms with E-state index in [-0.39, 0.29) is 11.9 Å². The molecule has 0 aliphatic carbocycles. The van der Waals surface area contributed by atoms with Crippen LogP contribution in [0.3, 0.4) is 0 Å². The average Bonchev–Trinajstić information content (AvgIpc) is 2.82. The highest BCUT2D eigenvalue weighted by atomic mass is 16.5. The predicted octanol–water partition coefficient (Wildman–Crippen LogP) is 2.72. The molecule has 1 atom stereocenters. The number of hydrogen-bond donors (Lipinski definition) is 1. The van der Waals surface area contributed by atoms with Crippen LogP contribution >= 0.6 is 0 Å². The molecule has 0 amide bonds. The zero-order valence-electron chi connectivity index (χ0n) is 10.2. The van der Waals surface area contributed by atoms with E-state index in [1.165, 1.54) is 0 Å². The van der Waals surface area contributed by atoms with E-state index in [0.717, 1.165) is 31.4 Å². The van der Waals surface area contributed by atoms with Gasteiger partial charge in [-0.1, -0.05) is 11.6 Å². The second-order valence-electron chi connectivity index (χ2n) is 4.69. The van der Waals surface area contributed by atoms with E-state index in [1.54, 1.807) is 6.07 Å². The third kappa shape index (κ3) is 3.07. The first-order valence-electron chi connectivity index (χ1n) is 6.18. The van der Waals surface area contributed by atoms with Crippen molar-refractivity contribution in [1.29, 1.82) is 0 Å². The van der Waals surface area contributed by atoms with Crippen molar-refractivity contribution in [3.05, 3.63) is 29.3 Å². The second kappa shape index (κ2) is 5.32.